The minimum atomic E-state index is 0.254. The van der Waals surface area contributed by atoms with Crippen LogP contribution >= 0.6 is 0 Å². The summed E-state index contributed by atoms with van der Waals surface area (Å²) in [5.41, 5.74) is 10.8. The summed E-state index contributed by atoms with van der Waals surface area (Å²) in [5.74, 6) is 0.492. The van der Waals surface area contributed by atoms with E-state index in [-0.39, 0.29) is 6.61 Å². The molecule has 0 aromatic heterocycles. The molecule has 0 aromatic rings. The zero-order chi connectivity index (χ0) is 8.53. The first kappa shape index (κ1) is 10.9. The molecule has 5 N–H and O–H groups in total. The highest BCUT2D eigenvalue weighted by Gasteiger charge is 2.04. The fourth-order valence-corrected chi connectivity index (χ4v) is 1.14. The average Bonchev–Trinajstić information content (AvgIpc) is 2.03. The predicted octanol–water partition coefficient (Wildman–Crippen LogP) is 0.0727. The molecule has 0 aliphatic carbocycles. The Bertz CT molecular complexity index is 78.5. The van der Waals surface area contributed by atoms with E-state index in [4.69, 9.17) is 16.6 Å². The van der Waals surface area contributed by atoms with Gasteiger partial charge in [-0.15, -0.1) is 0 Å². The molecule has 0 bridgehead atoms. The molecule has 0 aromatic carbocycles. The summed E-state index contributed by atoms with van der Waals surface area (Å²) >= 11 is 0. The minimum absolute atomic E-state index is 0.254. The Morgan fingerprint density at radius 1 is 1.09 bits per heavy atom. The molecule has 0 saturated heterocycles. The first-order valence-electron chi connectivity index (χ1n) is 4.36. The molecular formula is C8H20N2O. The highest BCUT2D eigenvalue weighted by Crippen LogP contribution is 2.09. The van der Waals surface area contributed by atoms with Gasteiger partial charge in [0, 0.05) is 6.61 Å². The van der Waals surface area contributed by atoms with Crippen molar-refractivity contribution >= 4 is 0 Å². The van der Waals surface area contributed by atoms with E-state index in [1.807, 2.05) is 0 Å². The molecule has 0 fully saturated rings. The molecule has 1 atom stereocenters. The van der Waals surface area contributed by atoms with E-state index in [1.165, 1.54) is 0 Å². The van der Waals surface area contributed by atoms with Crippen molar-refractivity contribution in [3.63, 3.8) is 0 Å². The molecule has 0 aliphatic heterocycles. The van der Waals surface area contributed by atoms with Gasteiger partial charge in [-0.25, -0.2) is 0 Å². The second-order valence-corrected chi connectivity index (χ2v) is 2.90. The maximum absolute atomic E-state index is 8.64. The molecule has 0 spiro atoms. The van der Waals surface area contributed by atoms with E-state index >= 15 is 0 Å². The monoisotopic (exact) mass is 160 g/mol. The summed E-state index contributed by atoms with van der Waals surface area (Å²) in [7, 11) is 0. The molecule has 0 rings (SSSR count). The van der Waals surface area contributed by atoms with E-state index < -0.39 is 0 Å². The van der Waals surface area contributed by atoms with Crippen molar-refractivity contribution in [1.82, 2.24) is 0 Å². The Hall–Kier alpha value is -0.120. The molecule has 3 heteroatoms. The van der Waals surface area contributed by atoms with Crippen molar-refractivity contribution in [2.24, 2.45) is 17.4 Å². The molecule has 68 valence electrons. The van der Waals surface area contributed by atoms with Crippen LogP contribution in [0.3, 0.4) is 0 Å². The van der Waals surface area contributed by atoms with Gasteiger partial charge in [0.05, 0.1) is 0 Å². The van der Waals surface area contributed by atoms with Gasteiger partial charge < -0.3 is 16.6 Å². The number of unbranched alkanes of at least 4 members (excludes halogenated alkanes) is 1. The normalized spacial score (nSPS) is 13.4. The highest BCUT2D eigenvalue weighted by molar-refractivity contribution is 4.59. The van der Waals surface area contributed by atoms with Gasteiger partial charge in [-0.3, -0.25) is 0 Å². The van der Waals surface area contributed by atoms with Crippen molar-refractivity contribution in [3.8, 4) is 0 Å². The maximum Gasteiger partial charge on any atom is 0.0434 e. The lowest BCUT2D eigenvalue weighted by Gasteiger charge is -2.11. The second kappa shape index (κ2) is 7.98. The van der Waals surface area contributed by atoms with Gasteiger partial charge in [0.1, 0.15) is 0 Å². The second-order valence-electron chi connectivity index (χ2n) is 2.90. The number of nitrogens with two attached hydrogens (primary N) is 2. The molecule has 1 unspecified atom stereocenters. The molecule has 0 radical (unpaired) electrons. The van der Waals surface area contributed by atoms with Crippen LogP contribution in [0.15, 0.2) is 0 Å². The van der Waals surface area contributed by atoms with Gasteiger partial charge in [-0.2, -0.15) is 0 Å². The van der Waals surface area contributed by atoms with Gasteiger partial charge in [0.15, 0.2) is 0 Å². The first-order chi connectivity index (χ1) is 5.35. The number of rotatable bonds is 7. The van der Waals surface area contributed by atoms with Crippen LogP contribution in [0.1, 0.15) is 25.7 Å². The Labute approximate surface area is 68.8 Å². The topological polar surface area (TPSA) is 72.3 Å². The number of aliphatic hydroxyl groups is 1. The number of hydrogen-bond donors (Lipinski definition) is 3. The Kier molecular flexibility index (Phi) is 7.89. The predicted molar refractivity (Wildman–Crippen MR) is 47.2 cm³/mol. The van der Waals surface area contributed by atoms with Crippen molar-refractivity contribution in [1.29, 1.82) is 0 Å². The van der Waals surface area contributed by atoms with Crippen LogP contribution in [0.25, 0.3) is 0 Å². The van der Waals surface area contributed by atoms with Crippen molar-refractivity contribution < 1.29 is 5.11 Å². The Balaban J connectivity index is 3.20. The fraction of sp³-hybridized carbons (Fsp3) is 1.00. The molecule has 0 amide bonds. The maximum atomic E-state index is 8.64. The minimum Gasteiger partial charge on any atom is -0.396 e. The zero-order valence-corrected chi connectivity index (χ0v) is 7.13. The zero-order valence-electron chi connectivity index (χ0n) is 7.13. The highest BCUT2D eigenvalue weighted by atomic mass is 16.3. The first-order valence-corrected chi connectivity index (χ1v) is 4.36. The Morgan fingerprint density at radius 2 is 1.82 bits per heavy atom. The molecule has 0 heterocycles. The van der Waals surface area contributed by atoms with Crippen LogP contribution in [0.2, 0.25) is 0 Å². The summed E-state index contributed by atoms with van der Waals surface area (Å²) in [6.07, 6.45) is 4.15. The molecule has 3 nitrogen and oxygen atoms in total. The summed E-state index contributed by atoms with van der Waals surface area (Å²) in [4.78, 5) is 0. The summed E-state index contributed by atoms with van der Waals surface area (Å²) in [6.45, 7) is 1.70. The van der Waals surface area contributed by atoms with Gasteiger partial charge >= 0.3 is 0 Å². The third-order valence-corrected chi connectivity index (χ3v) is 1.94. The van der Waals surface area contributed by atoms with E-state index in [1.54, 1.807) is 0 Å². The van der Waals surface area contributed by atoms with Crippen LogP contribution in [0.4, 0.5) is 0 Å². The fourth-order valence-electron chi connectivity index (χ4n) is 1.14. The summed E-state index contributed by atoms with van der Waals surface area (Å²) in [6, 6.07) is 0. The quantitative estimate of drug-likeness (QED) is 0.462. The smallest absolute Gasteiger partial charge is 0.0434 e. The number of aliphatic hydroxyl groups excluding tert-OH is 1. The SMILES string of the molecule is NCCCCC(CN)CCO. The average molecular weight is 160 g/mol. The van der Waals surface area contributed by atoms with Crippen LogP contribution in [0, 0.1) is 5.92 Å². The molecule has 0 saturated carbocycles. The van der Waals surface area contributed by atoms with Gasteiger partial charge in [-0.1, -0.05) is 6.42 Å². The van der Waals surface area contributed by atoms with Gasteiger partial charge in [0.25, 0.3) is 0 Å². The van der Waals surface area contributed by atoms with E-state index in [9.17, 15) is 0 Å². The van der Waals surface area contributed by atoms with E-state index in [0.29, 0.717) is 12.5 Å². The van der Waals surface area contributed by atoms with E-state index in [0.717, 1.165) is 32.2 Å². The van der Waals surface area contributed by atoms with Gasteiger partial charge in [0.2, 0.25) is 0 Å². The standard InChI is InChI=1S/C8H20N2O/c9-5-2-1-3-8(7-10)4-6-11/h8,11H,1-7,9-10H2. The van der Waals surface area contributed by atoms with E-state index in [2.05, 4.69) is 0 Å². The number of hydrogen-bond acceptors (Lipinski definition) is 3. The lowest BCUT2D eigenvalue weighted by molar-refractivity contribution is 0.252. The molecule has 11 heavy (non-hydrogen) atoms. The van der Waals surface area contributed by atoms with Crippen molar-refractivity contribution in [2.75, 3.05) is 19.7 Å². The van der Waals surface area contributed by atoms with Gasteiger partial charge in [-0.05, 0) is 38.3 Å². The third kappa shape index (κ3) is 6.28. The van der Waals surface area contributed by atoms with Crippen molar-refractivity contribution in [3.05, 3.63) is 0 Å². The van der Waals surface area contributed by atoms with Crippen LogP contribution < -0.4 is 11.5 Å². The summed E-state index contributed by atoms with van der Waals surface area (Å²) < 4.78 is 0. The van der Waals surface area contributed by atoms with Crippen LogP contribution in [-0.4, -0.2) is 24.8 Å². The van der Waals surface area contributed by atoms with Crippen LogP contribution in [-0.2, 0) is 0 Å². The lowest BCUT2D eigenvalue weighted by Crippen LogP contribution is -2.16. The Morgan fingerprint density at radius 3 is 2.27 bits per heavy atom. The van der Waals surface area contributed by atoms with Crippen molar-refractivity contribution in [2.45, 2.75) is 25.7 Å². The summed E-state index contributed by atoms with van der Waals surface area (Å²) in [5, 5.41) is 8.64. The largest absolute Gasteiger partial charge is 0.396 e. The third-order valence-electron chi connectivity index (χ3n) is 1.94. The molecular weight excluding hydrogens is 140 g/mol. The van der Waals surface area contributed by atoms with Crippen LogP contribution in [0.5, 0.6) is 0 Å². The molecule has 0 aliphatic rings. The lowest BCUT2D eigenvalue weighted by atomic mass is 9.99.